The Hall–Kier alpha value is -2.48. The maximum Gasteiger partial charge on any atom is 0.211 e. The minimum absolute atomic E-state index is 1.03. The van der Waals surface area contributed by atoms with Gasteiger partial charge < -0.3 is 5.53 Å². The Kier molecular flexibility index (Phi) is 36.1. The van der Waals surface area contributed by atoms with Gasteiger partial charge in [0.2, 0.25) is 11.4 Å². The third kappa shape index (κ3) is 23.7. The van der Waals surface area contributed by atoms with Crippen molar-refractivity contribution in [3.63, 3.8) is 0 Å². The van der Waals surface area contributed by atoms with Gasteiger partial charge in [-0.1, -0.05) is 261 Å². The molecule has 0 atom stereocenters. The van der Waals surface area contributed by atoms with Gasteiger partial charge in [0.15, 0.2) is 0 Å². The van der Waals surface area contributed by atoms with Crippen molar-refractivity contribution in [2.45, 2.75) is 344 Å². The van der Waals surface area contributed by atoms with Crippen molar-refractivity contribution in [2.24, 2.45) is 0 Å². The summed E-state index contributed by atoms with van der Waals surface area (Å²) in [6, 6.07) is 10.2. The lowest BCUT2D eigenvalue weighted by molar-refractivity contribution is -0.345. The summed E-state index contributed by atoms with van der Waals surface area (Å²) in [6.07, 6.45) is 58.5. The van der Waals surface area contributed by atoms with E-state index < -0.39 is 0 Å². The molecule has 2 heteroatoms. The Morgan fingerprint density at radius 2 is 0.507 bits per heavy atom. The van der Waals surface area contributed by atoms with E-state index in [9.17, 15) is 5.53 Å². The average Bonchev–Trinajstić information content (AvgIpc) is 3.65. The number of aryl methyl sites for hydroxylation is 4. The van der Waals surface area contributed by atoms with E-state index in [0.717, 1.165) is 82.0 Å². The van der Waals surface area contributed by atoms with Crippen molar-refractivity contribution in [3.05, 3.63) is 85.5 Å². The Balaban J connectivity index is 1.93. The van der Waals surface area contributed by atoms with Crippen molar-refractivity contribution >= 4 is 11.4 Å². The number of hydrogen-bond donors (Lipinski definition) is 0. The summed E-state index contributed by atoms with van der Waals surface area (Å²) in [5.74, 6) is 0. The largest absolute Gasteiger partial charge is 0.493 e. The Morgan fingerprint density at radius 1 is 0.254 bits per heavy atom. The molecule has 0 aromatic heterocycles. The van der Waals surface area contributed by atoms with E-state index in [1.165, 1.54) is 252 Å². The molecular formula is C69H118N2. The molecule has 1 heterocycles. The monoisotopic (exact) mass is 975 g/mol. The molecule has 3 rings (SSSR count). The second-order valence-electron chi connectivity index (χ2n) is 22.8. The molecule has 0 bridgehead atoms. The van der Waals surface area contributed by atoms with Crippen LogP contribution in [0.2, 0.25) is 0 Å². The van der Waals surface area contributed by atoms with Crippen LogP contribution in [0, 0.1) is 0 Å². The lowest BCUT2D eigenvalue weighted by Crippen LogP contribution is -2.09. The van der Waals surface area contributed by atoms with Gasteiger partial charge in [-0.25, -0.2) is 4.70 Å². The average molecular weight is 976 g/mol. The number of benzene rings is 2. The van der Waals surface area contributed by atoms with Crippen molar-refractivity contribution in [3.8, 4) is 0 Å². The fourth-order valence-electron chi connectivity index (χ4n) is 12.1. The van der Waals surface area contributed by atoms with Gasteiger partial charge in [-0.2, -0.15) is 0 Å². The summed E-state index contributed by atoms with van der Waals surface area (Å²) in [4.78, 5) is 0. The molecule has 1 aliphatic rings. The van der Waals surface area contributed by atoms with Crippen LogP contribution < -0.4 is 0 Å². The summed E-state index contributed by atoms with van der Waals surface area (Å²) in [6.45, 7) is 18.7. The molecule has 0 radical (unpaired) electrons. The van der Waals surface area contributed by atoms with E-state index in [1.807, 2.05) is 0 Å². The molecule has 1 aliphatic heterocycles. The van der Waals surface area contributed by atoms with Crippen LogP contribution in [0.5, 0.6) is 0 Å². The van der Waals surface area contributed by atoms with Crippen LogP contribution >= 0.6 is 0 Å². The lowest BCUT2D eigenvalue weighted by atomic mass is 9.86. The summed E-state index contributed by atoms with van der Waals surface area (Å²) in [7, 11) is 0. The topological polar surface area (TPSA) is 25.3 Å². The standard InChI is InChI=1S/C69H118N2/c1-9-17-22-26-27-28-29-30-31-32-33-34-35-36-37-38-39-40-41-45-53-67-66(51-21-13-5)68(62-54-58(46-14-6)64(48-16-8)59(55-62)47-15-7)71(70)69(67)63-56-60(49-42-23-18-10-2)65(52-44-25-20-12-4)61(57-63)50-43-24-19-11-3/h54-57H,9-53H2,1-8H3. The van der Waals surface area contributed by atoms with Crippen LogP contribution in [-0.2, 0) is 38.5 Å². The lowest BCUT2D eigenvalue weighted by Gasteiger charge is -2.20. The van der Waals surface area contributed by atoms with Gasteiger partial charge in [0.05, 0.1) is 0 Å². The van der Waals surface area contributed by atoms with Crippen LogP contribution in [0.15, 0.2) is 35.4 Å². The molecule has 71 heavy (non-hydrogen) atoms. The van der Waals surface area contributed by atoms with E-state index in [-0.39, 0.29) is 0 Å². The van der Waals surface area contributed by atoms with Crippen molar-refractivity contribution in [1.29, 1.82) is 0 Å². The Bertz CT molecular complexity index is 1690. The van der Waals surface area contributed by atoms with Crippen molar-refractivity contribution < 1.29 is 4.70 Å². The molecule has 0 N–H and O–H groups in total. The summed E-state index contributed by atoms with van der Waals surface area (Å²) in [5.41, 5.74) is 30.3. The summed E-state index contributed by atoms with van der Waals surface area (Å²) in [5, 5.41) is 0. The zero-order valence-corrected chi connectivity index (χ0v) is 49.0. The molecule has 2 nitrogen and oxygen atoms in total. The van der Waals surface area contributed by atoms with Crippen LogP contribution in [0.25, 0.3) is 16.9 Å². The van der Waals surface area contributed by atoms with Gasteiger partial charge in [-0.15, -0.1) is 0 Å². The first kappa shape index (κ1) is 62.8. The quantitative estimate of drug-likeness (QED) is 0.0467. The smallest absolute Gasteiger partial charge is 0.211 e. The fourth-order valence-corrected chi connectivity index (χ4v) is 12.1. The highest BCUT2D eigenvalue weighted by Crippen LogP contribution is 2.46. The third-order valence-corrected chi connectivity index (χ3v) is 16.3. The van der Waals surface area contributed by atoms with Crippen molar-refractivity contribution in [1.82, 2.24) is 0 Å². The molecule has 0 amide bonds. The normalized spacial score (nSPS) is 13.0. The second kappa shape index (κ2) is 40.9. The van der Waals surface area contributed by atoms with E-state index in [2.05, 4.69) is 79.7 Å². The van der Waals surface area contributed by atoms with Crippen molar-refractivity contribution in [2.75, 3.05) is 0 Å². The van der Waals surface area contributed by atoms with Crippen LogP contribution in [-0.4, -0.2) is 4.70 Å². The molecule has 2 aromatic rings. The molecule has 404 valence electrons. The second-order valence-corrected chi connectivity index (χ2v) is 22.8. The predicted octanol–water partition coefficient (Wildman–Crippen LogP) is 23.5. The van der Waals surface area contributed by atoms with E-state index >= 15 is 0 Å². The predicted molar refractivity (Wildman–Crippen MR) is 318 cm³/mol. The fraction of sp³-hybridized carbons (Fsp3) is 0.768. The zero-order chi connectivity index (χ0) is 51.2. The highest BCUT2D eigenvalue weighted by molar-refractivity contribution is 5.83. The first-order valence-corrected chi connectivity index (χ1v) is 32.2. The number of nitrogens with zero attached hydrogens (tertiary/aromatic N) is 2. The van der Waals surface area contributed by atoms with E-state index in [1.54, 1.807) is 27.0 Å². The maximum atomic E-state index is 13.1. The first-order chi connectivity index (χ1) is 34.9. The molecule has 0 unspecified atom stereocenters. The van der Waals surface area contributed by atoms with E-state index in [4.69, 9.17) is 0 Å². The maximum absolute atomic E-state index is 13.1. The summed E-state index contributed by atoms with van der Waals surface area (Å²) >= 11 is 0. The van der Waals surface area contributed by atoms with Gasteiger partial charge in [0.1, 0.15) is 0 Å². The molecule has 0 spiro atoms. The molecular weight excluding hydrogens is 857 g/mol. The van der Waals surface area contributed by atoms with Gasteiger partial charge in [-0.3, -0.25) is 0 Å². The number of hydrogen-bond acceptors (Lipinski definition) is 0. The van der Waals surface area contributed by atoms with Gasteiger partial charge in [0.25, 0.3) is 0 Å². The molecule has 2 aromatic carbocycles. The molecule has 0 fully saturated rings. The van der Waals surface area contributed by atoms with Gasteiger partial charge in [0, 0.05) is 22.3 Å². The van der Waals surface area contributed by atoms with Gasteiger partial charge in [-0.05, 0) is 141 Å². The first-order valence-electron chi connectivity index (χ1n) is 32.2. The van der Waals surface area contributed by atoms with E-state index in [0.29, 0.717) is 0 Å². The minimum Gasteiger partial charge on any atom is -0.493 e. The van der Waals surface area contributed by atoms with Crippen LogP contribution in [0.1, 0.15) is 350 Å². The summed E-state index contributed by atoms with van der Waals surface area (Å²) < 4.78 is 1.76. The number of unbranched alkanes of at least 4 members (excludes halogenated alkanes) is 29. The number of allylic oxidation sites excluding steroid dienone is 2. The molecule has 0 saturated heterocycles. The van der Waals surface area contributed by atoms with Gasteiger partial charge >= 0.3 is 0 Å². The zero-order valence-electron chi connectivity index (χ0n) is 49.0. The molecule has 0 saturated carbocycles. The highest BCUT2D eigenvalue weighted by atomic mass is 15.2. The third-order valence-electron chi connectivity index (χ3n) is 16.3. The Morgan fingerprint density at radius 3 is 0.845 bits per heavy atom. The van der Waals surface area contributed by atoms with Crippen LogP contribution in [0.3, 0.4) is 0 Å². The molecule has 0 aliphatic carbocycles. The van der Waals surface area contributed by atoms with Crippen LogP contribution in [0.4, 0.5) is 0 Å². The highest BCUT2D eigenvalue weighted by Gasteiger charge is 2.36. The number of rotatable bonds is 47. The Labute approximate surface area is 443 Å². The SMILES string of the molecule is CCCCCCCCCCCCCCCCCCCCCCC1=C(c2cc(CCCCCC)c(CCCCCC)c(CCCCCC)c2)[N+](=[N-])C(c2cc(CCC)c(CCC)c(CCC)c2)=C1CCCC. The minimum atomic E-state index is 1.03.